The van der Waals surface area contributed by atoms with E-state index in [0.29, 0.717) is 17.7 Å². The van der Waals surface area contributed by atoms with Crippen LogP contribution in [0.25, 0.3) is 16.0 Å². The number of para-hydroxylation sites is 1. The van der Waals surface area contributed by atoms with Crippen molar-refractivity contribution in [2.45, 2.75) is 57.3 Å². The summed E-state index contributed by atoms with van der Waals surface area (Å²) in [4.78, 5) is 60.6. The van der Waals surface area contributed by atoms with E-state index in [0.717, 1.165) is 17.7 Å². The second-order valence-electron chi connectivity index (χ2n) is 12.4. The van der Waals surface area contributed by atoms with Crippen molar-refractivity contribution in [2.24, 2.45) is 5.92 Å². The topological polar surface area (TPSA) is 103 Å². The Morgan fingerprint density at radius 2 is 1.83 bits per heavy atom. The molecule has 1 fully saturated rings. The van der Waals surface area contributed by atoms with E-state index in [4.69, 9.17) is 6.57 Å². The largest absolute Gasteiger partial charge is 0.341 e. The number of hydrogen-bond donors (Lipinski definition) is 2. The van der Waals surface area contributed by atoms with E-state index in [1.807, 2.05) is 32.0 Å². The molecule has 2 heterocycles. The highest BCUT2D eigenvalue weighted by Crippen LogP contribution is 2.47. The zero-order valence-electron chi connectivity index (χ0n) is 26.0. The number of halogens is 2. The number of anilines is 1. The van der Waals surface area contributed by atoms with Gasteiger partial charge in [-0.2, -0.15) is 0 Å². The number of likely N-dealkylation sites (N-methyl/N-ethyl adjacent to an activating group) is 1. The molecule has 2 N–H and O–H groups in total. The molecule has 0 radical (unpaired) electrons. The van der Waals surface area contributed by atoms with Crippen LogP contribution >= 0.6 is 0 Å². The van der Waals surface area contributed by atoms with Gasteiger partial charge in [0.25, 0.3) is 11.8 Å². The van der Waals surface area contributed by atoms with Crippen LogP contribution in [0.3, 0.4) is 0 Å². The minimum absolute atomic E-state index is 0.00199. The zero-order valence-corrected chi connectivity index (χ0v) is 26.0. The molecule has 3 aromatic rings. The number of rotatable bonds is 8. The molecule has 238 valence electrons. The molecule has 1 spiro atoms. The third-order valence-corrected chi connectivity index (χ3v) is 8.77. The first-order valence-corrected chi connectivity index (χ1v) is 15.1. The van der Waals surface area contributed by atoms with Gasteiger partial charge in [0.2, 0.25) is 11.8 Å². The summed E-state index contributed by atoms with van der Waals surface area (Å²) in [7, 11) is 1.49. The van der Waals surface area contributed by atoms with E-state index in [1.165, 1.54) is 42.0 Å². The minimum Gasteiger partial charge on any atom is -0.341 e. The van der Waals surface area contributed by atoms with Crippen molar-refractivity contribution in [3.63, 3.8) is 0 Å². The molecule has 3 aromatic carbocycles. The maximum Gasteiger partial charge on any atom is 0.302 e. The summed E-state index contributed by atoms with van der Waals surface area (Å²) >= 11 is 0. The van der Waals surface area contributed by atoms with Crippen LogP contribution in [-0.4, -0.2) is 65.3 Å². The molecule has 11 heteroatoms. The molecule has 0 saturated carbocycles. The minimum atomic E-state index is -1.06. The van der Waals surface area contributed by atoms with Gasteiger partial charge in [0, 0.05) is 36.5 Å². The van der Waals surface area contributed by atoms with Gasteiger partial charge in [-0.1, -0.05) is 44.2 Å². The van der Waals surface area contributed by atoms with E-state index in [1.54, 1.807) is 18.2 Å². The Morgan fingerprint density at radius 3 is 2.52 bits per heavy atom. The van der Waals surface area contributed by atoms with Crippen molar-refractivity contribution in [3.8, 4) is 11.1 Å². The van der Waals surface area contributed by atoms with Crippen molar-refractivity contribution in [1.82, 2.24) is 15.1 Å². The molecule has 0 unspecified atom stereocenters. The van der Waals surface area contributed by atoms with Gasteiger partial charge in [-0.05, 0) is 60.7 Å². The number of nitrogens with one attached hydrogen (secondary N) is 2. The fraction of sp³-hybridized carbons (Fsp3) is 0.343. The normalized spacial score (nSPS) is 19.7. The summed E-state index contributed by atoms with van der Waals surface area (Å²) in [6.07, 6.45) is -0.452. The van der Waals surface area contributed by atoms with Crippen LogP contribution in [0.4, 0.5) is 14.5 Å². The smallest absolute Gasteiger partial charge is 0.302 e. The molecular formula is C35H35F2N5O4. The summed E-state index contributed by atoms with van der Waals surface area (Å²) in [6.45, 7) is 13.2. The number of nitrogens with zero attached hydrogens (tertiary/aromatic N) is 3. The third-order valence-electron chi connectivity index (χ3n) is 8.77. The second-order valence-corrected chi connectivity index (χ2v) is 12.4. The zero-order chi connectivity index (χ0) is 33.3. The lowest BCUT2D eigenvalue weighted by molar-refractivity contribution is -0.146. The van der Waals surface area contributed by atoms with Gasteiger partial charge in [-0.25, -0.2) is 15.4 Å². The van der Waals surface area contributed by atoms with Gasteiger partial charge >= 0.3 is 6.17 Å². The van der Waals surface area contributed by atoms with Crippen LogP contribution in [-0.2, 0) is 19.8 Å². The molecular weight excluding hydrogens is 592 g/mol. The average Bonchev–Trinajstić information content (AvgIpc) is 3.56. The molecule has 1 saturated heterocycles. The molecule has 0 aromatic heterocycles. The fourth-order valence-corrected chi connectivity index (χ4v) is 6.37. The van der Waals surface area contributed by atoms with E-state index in [9.17, 15) is 28.0 Å². The van der Waals surface area contributed by atoms with Gasteiger partial charge in [-0.3, -0.25) is 28.9 Å². The maximum absolute atomic E-state index is 14.4. The number of likely N-dealkylation sites (tertiary alicyclic amines) is 1. The number of carbonyl (C=O) groups excluding carboxylic acids is 4. The van der Waals surface area contributed by atoms with Crippen LogP contribution in [0, 0.1) is 24.1 Å². The predicted molar refractivity (Wildman–Crippen MR) is 168 cm³/mol. The lowest BCUT2D eigenvalue weighted by Crippen LogP contribution is -2.55. The number of amides is 4. The Balaban J connectivity index is 1.33. The van der Waals surface area contributed by atoms with Gasteiger partial charge in [0.05, 0.1) is 6.42 Å². The molecule has 9 nitrogen and oxygen atoms in total. The first kappa shape index (κ1) is 32.3. The molecule has 0 bridgehead atoms. The van der Waals surface area contributed by atoms with Crippen molar-refractivity contribution in [1.29, 1.82) is 0 Å². The Hall–Kier alpha value is -5.11. The molecule has 2 aliphatic heterocycles. The standard InChI is InChI=1S/C35H35F2N5O4/c1-20(2)15-29(33(45)42-19-35(18-30(42)38-4)26-11-6-7-12-28(26)40-34(35)46)41(5)32(44)21(3)39-31(43)23-10-8-9-22(16-23)25-14-13-24(36)17-27(25)37/h6-14,16-17,20-21,29-30H,15,18-19H2,1-3,5H3,(H,39,43)(H,40,46)/t21-,29-,30-,35-/m0/s1. The first-order valence-electron chi connectivity index (χ1n) is 15.1. The van der Waals surface area contributed by atoms with Crippen LogP contribution in [0.1, 0.15) is 49.5 Å². The quantitative estimate of drug-likeness (QED) is 0.344. The molecule has 4 amide bonds. The van der Waals surface area contributed by atoms with Gasteiger partial charge < -0.3 is 15.5 Å². The molecule has 2 aliphatic rings. The maximum atomic E-state index is 14.4. The Kier molecular flexibility index (Phi) is 8.92. The monoisotopic (exact) mass is 627 g/mol. The molecule has 46 heavy (non-hydrogen) atoms. The fourth-order valence-electron chi connectivity index (χ4n) is 6.37. The van der Waals surface area contributed by atoms with Gasteiger partial charge in [0.1, 0.15) is 29.1 Å². The van der Waals surface area contributed by atoms with Crippen molar-refractivity contribution in [2.75, 3.05) is 18.9 Å². The summed E-state index contributed by atoms with van der Waals surface area (Å²) in [6, 6.07) is 14.5. The van der Waals surface area contributed by atoms with E-state index in [2.05, 4.69) is 15.5 Å². The number of benzene rings is 3. The van der Waals surface area contributed by atoms with E-state index >= 15 is 0 Å². The Labute approximate surface area is 266 Å². The van der Waals surface area contributed by atoms with E-state index < -0.39 is 53.0 Å². The number of carbonyl (C=O) groups is 4. The predicted octanol–water partition coefficient (Wildman–Crippen LogP) is 4.99. The van der Waals surface area contributed by atoms with Crippen molar-refractivity contribution in [3.05, 3.63) is 101 Å². The van der Waals surface area contributed by atoms with Crippen LogP contribution in [0.5, 0.6) is 0 Å². The highest BCUT2D eigenvalue weighted by molar-refractivity contribution is 6.07. The van der Waals surface area contributed by atoms with E-state index in [-0.39, 0.29) is 35.9 Å². The molecule has 5 rings (SSSR count). The van der Waals surface area contributed by atoms with Crippen molar-refractivity contribution < 1.29 is 28.0 Å². The highest BCUT2D eigenvalue weighted by Gasteiger charge is 2.59. The summed E-state index contributed by atoms with van der Waals surface area (Å²) in [5.74, 6) is -3.30. The molecule has 0 aliphatic carbocycles. The first-order chi connectivity index (χ1) is 21.9. The highest BCUT2D eigenvalue weighted by atomic mass is 19.1. The summed E-state index contributed by atoms with van der Waals surface area (Å²) in [5.41, 5.74) is 0.996. The lowest BCUT2D eigenvalue weighted by atomic mass is 9.80. The lowest BCUT2D eigenvalue weighted by Gasteiger charge is -2.33. The Bertz CT molecular complexity index is 1750. The molecule has 4 atom stereocenters. The summed E-state index contributed by atoms with van der Waals surface area (Å²) in [5, 5.41) is 5.54. The number of hydrogen-bond acceptors (Lipinski definition) is 4. The van der Waals surface area contributed by atoms with Gasteiger partial charge in [-0.15, -0.1) is 0 Å². The second kappa shape index (κ2) is 12.7. The van der Waals surface area contributed by atoms with Crippen molar-refractivity contribution >= 4 is 29.3 Å². The van der Waals surface area contributed by atoms with Crippen LogP contribution < -0.4 is 10.6 Å². The van der Waals surface area contributed by atoms with Crippen LogP contribution in [0.2, 0.25) is 0 Å². The van der Waals surface area contributed by atoms with Gasteiger partial charge in [0.15, 0.2) is 0 Å². The third kappa shape index (κ3) is 5.95. The summed E-state index contributed by atoms with van der Waals surface area (Å²) < 4.78 is 27.8. The van der Waals surface area contributed by atoms with Crippen LogP contribution in [0.15, 0.2) is 66.7 Å². The SMILES string of the molecule is [C-]#[N+][C@@H]1C[C@@]2(CN1C(=O)[C@H](CC(C)C)N(C)C(=O)[C@H](C)NC(=O)c1cccc(-c3ccc(F)cc3F)c1)C(=O)Nc1ccccc12. The Morgan fingerprint density at radius 1 is 1.09 bits per heavy atom. The number of fused-ring (bicyclic) bond motifs is 2. The average molecular weight is 628 g/mol.